The molecule has 2 amide bonds. The quantitative estimate of drug-likeness (QED) is 0.758. The van der Waals surface area contributed by atoms with Crippen molar-refractivity contribution < 1.29 is 23.9 Å². The summed E-state index contributed by atoms with van der Waals surface area (Å²) in [4.78, 5) is 38.2. The minimum Gasteiger partial charge on any atom is -0.495 e. The molecule has 1 fully saturated rings. The smallest absolute Gasteiger partial charge is 0.337 e. The predicted molar refractivity (Wildman–Crippen MR) is 108 cm³/mol. The second-order valence-electron chi connectivity index (χ2n) is 6.99. The second kappa shape index (κ2) is 8.77. The first-order valence-corrected chi connectivity index (χ1v) is 9.33. The molecule has 7 nitrogen and oxygen atoms in total. The van der Waals surface area contributed by atoms with Gasteiger partial charge in [-0.25, -0.2) is 4.79 Å². The molecule has 29 heavy (non-hydrogen) atoms. The molecule has 152 valence electrons. The molecule has 1 aliphatic rings. The van der Waals surface area contributed by atoms with Gasteiger partial charge in [0.15, 0.2) is 0 Å². The number of nitrogens with one attached hydrogen (secondary N) is 1. The lowest BCUT2D eigenvalue weighted by Gasteiger charge is -2.20. The summed E-state index contributed by atoms with van der Waals surface area (Å²) >= 11 is 0. The van der Waals surface area contributed by atoms with Gasteiger partial charge in [-0.3, -0.25) is 9.59 Å². The highest BCUT2D eigenvalue weighted by Gasteiger charge is 2.36. The van der Waals surface area contributed by atoms with Gasteiger partial charge in [0, 0.05) is 19.5 Å². The highest BCUT2D eigenvalue weighted by atomic mass is 16.5. The largest absolute Gasteiger partial charge is 0.495 e. The number of nitrogens with zero attached hydrogens (tertiary/aromatic N) is 1. The average molecular weight is 396 g/mol. The summed E-state index contributed by atoms with van der Waals surface area (Å²) in [6.07, 6.45) is 0.157. The van der Waals surface area contributed by atoms with Crippen molar-refractivity contribution in [3.63, 3.8) is 0 Å². The van der Waals surface area contributed by atoms with Gasteiger partial charge < -0.3 is 19.7 Å². The molecule has 3 rings (SSSR count). The van der Waals surface area contributed by atoms with E-state index in [1.54, 1.807) is 36.3 Å². The van der Waals surface area contributed by atoms with Crippen LogP contribution in [0.3, 0.4) is 0 Å². The maximum absolute atomic E-state index is 12.6. The van der Waals surface area contributed by atoms with Gasteiger partial charge in [-0.2, -0.15) is 0 Å². The highest BCUT2D eigenvalue weighted by Crippen LogP contribution is 2.33. The van der Waals surface area contributed by atoms with E-state index >= 15 is 0 Å². The maximum Gasteiger partial charge on any atom is 0.337 e. The maximum atomic E-state index is 12.6. The molecule has 2 aromatic carbocycles. The highest BCUT2D eigenvalue weighted by molar-refractivity contribution is 6.01. The second-order valence-corrected chi connectivity index (χ2v) is 6.99. The van der Waals surface area contributed by atoms with Crippen molar-refractivity contribution in [1.82, 2.24) is 5.32 Å². The molecule has 0 bridgehead atoms. The lowest BCUT2D eigenvalue weighted by molar-refractivity contribution is -0.126. The normalized spacial score (nSPS) is 15.9. The van der Waals surface area contributed by atoms with E-state index in [1.807, 2.05) is 25.1 Å². The molecule has 0 spiro atoms. The Kier molecular flexibility index (Phi) is 6.16. The molecule has 0 aromatic heterocycles. The minimum atomic E-state index is -0.429. The zero-order chi connectivity index (χ0) is 21.0. The number of aryl methyl sites for hydroxylation is 1. The molecular formula is C22H24N2O5. The Hall–Kier alpha value is -3.35. The predicted octanol–water partition coefficient (Wildman–Crippen LogP) is 2.46. The van der Waals surface area contributed by atoms with E-state index < -0.39 is 11.9 Å². The number of benzene rings is 2. The summed E-state index contributed by atoms with van der Waals surface area (Å²) < 4.78 is 10.0. The van der Waals surface area contributed by atoms with Crippen LogP contribution in [-0.2, 0) is 20.9 Å². The molecule has 0 saturated carbocycles. The summed E-state index contributed by atoms with van der Waals surface area (Å²) in [5.41, 5.74) is 3.00. The molecule has 1 heterocycles. The van der Waals surface area contributed by atoms with Crippen molar-refractivity contribution in [1.29, 1.82) is 0 Å². The fourth-order valence-electron chi connectivity index (χ4n) is 3.34. The zero-order valence-corrected chi connectivity index (χ0v) is 16.7. The van der Waals surface area contributed by atoms with Crippen molar-refractivity contribution in [2.75, 3.05) is 25.7 Å². The number of carbonyl (C=O) groups is 3. The Bertz CT molecular complexity index is 923. The number of anilines is 1. The molecular weight excluding hydrogens is 372 g/mol. The van der Waals surface area contributed by atoms with Crippen LogP contribution in [0.5, 0.6) is 5.75 Å². The summed E-state index contributed by atoms with van der Waals surface area (Å²) in [7, 11) is 2.89. The fraction of sp³-hybridized carbons (Fsp3) is 0.318. The van der Waals surface area contributed by atoms with E-state index in [4.69, 9.17) is 4.74 Å². The van der Waals surface area contributed by atoms with Crippen LogP contribution < -0.4 is 15.0 Å². The number of carbonyl (C=O) groups excluding carboxylic acids is 3. The molecule has 1 saturated heterocycles. The van der Waals surface area contributed by atoms with Crippen LogP contribution in [0.2, 0.25) is 0 Å². The molecule has 7 heteroatoms. The number of methoxy groups -OCH3 is 2. The van der Waals surface area contributed by atoms with Gasteiger partial charge >= 0.3 is 5.97 Å². The van der Waals surface area contributed by atoms with Gasteiger partial charge in [0.25, 0.3) is 0 Å². The average Bonchev–Trinajstić information content (AvgIpc) is 3.13. The van der Waals surface area contributed by atoms with Gasteiger partial charge in [-0.1, -0.05) is 18.2 Å². The van der Waals surface area contributed by atoms with Crippen molar-refractivity contribution >= 4 is 23.5 Å². The van der Waals surface area contributed by atoms with Crippen LogP contribution >= 0.6 is 0 Å². The van der Waals surface area contributed by atoms with Gasteiger partial charge in [0.2, 0.25) is 11.8 Å². The number of hydrogen-bond acceptors (Lipinski definition) is 5. The summed E-state index contributed by atoms with van der Waals surface area (Å²) in [5.74, 6) is -0.504. The third-order valence-electron chi connectivity index (χ3n) is 4.96. The van der Waals surface area contributed by atoms with E-state index in [1.165, 1.54) is 7.11 Å². The van der Waals surface area contributed by atoms with E-state index in [0.717, 1.165) is 11.1 Å². The lowest BCUT2D eigenvalue weighted by atomic mass is 10.1. The summed E-state index contributed by atoms with van der Waals surface area (Å²) in [6, 6.07) is 12.4. The first-order valence-electron chi connectivity index (χ1n) is 9.33. The standard InChI is InChI=1S/C22H24N2O5/c1-14-4-9-19(28-2)18(10-14)24-13-17(11-20(24)25)21(26)23-12-15-5-7-16(8-6-15)22(27)29-3/h4-10,17H,11-13H2,1-3H3,(H,23,26)/t17-/m0/s1. The van der Waals surface area contributed by atoms with Gasteiger partial charge in [-0.15, -0.1) is 0 Å². The number of esters is 1. The molecule has 0 radical (unpaired) electrons. The SMILES string of the molecule is COC(=O)c1ccc(CNC(=O)[C@H]2CC(=O)N(c3cc(C)ccc3OC)C2)cc1. The Balaban J connectivity index is 1.62. The first-order chi connectivity index (χ1) is 13.9. The van der Waals surface area contributed by atoms with Crippen molar-refractivity contribution in [3.05, 3.63) is 59.2 Å². The van der Waals surface area contributed by atoms with Gasteiger partial charge in [0.1, 0.15) is 5.75 Å². The van der Waals surface area contributed by atoms with Crippen LogP contribution in [0.25, 0.3) is 0 Å². The van der Waals surface area contributed by atoms with Crippen LogP contribution in [-0.4, -0.2) is 38.5 Å². The molecule has 2 aromatic rings. The number of amides is 2. The van der Waals surface area contributed by atoms with Crippen LogP contribution in [0.15, 0.2) is 42.5 Å². The third kappa shape index (κ3) is 4.56. The summed E-state index contributed by atoms with van der Waals surface area (Å²) in [6.45, 7) is 2.57. The molecule has 1 aliphatic heterocycles. The van der Waals surface area contributed by atoms with Crippen molar-refractivity contribution in [2.24, 2.45) is 5.92 Å². The zero-order valence-electron chi connectivity index (χ0n) is 16.7. The Labute approximate surface area is 169 Å². The Morgan fingerprint density at radius 3 is 2.52 bits per heavy atom. The van der Waals surface area contributed by atoms with Crippen molar-refractivity contribution in [3.8, 4) is 5.75 Å². The fourth-order valence-corrected chi connectivity index (χ4v) is 3.34. The Morgan fingerprint density at radius 2 is 1.86 bits per heavy atom. The Morgan fingerprint density at radius 1 is 1.14 bits per heavy atom. The molecule has 0 unspecified atom stereocenters. The molecule has 0 aliphatic carbocycles. The topological polar surface area (TPSA) is 84.9 Å². The number of ether oxygens (including phenoxy) is 2. The van der Waals surface area contributed by atoms with E-state index in [9.17, 15) is 14.4 Å². The van der Waals surface area contributed by atoms with E-state index in [0.29, 0.717) is 30.1 Å². The van der Waals surface area contributed by atoms with Crippen LogP contribution in [0.1, 0.15) is 27.9 Å². The summed E-state index contributed by atoms with van der Waals surface area (Å²) in [5, 5.41) is 2.87. The lowest BCUT2D eigenvalue weighted by Crippen LogP contribution is -2.32. The first kappa shape index (κ1) is 20.4. The van der Waals surface area contributed by atoms with Gasteiger partial charge in [-0.05, 0) is 42.3 Å². The van der Waals surface area contributed by atoms with E-state index in [-0.39, 0.29) is 18.2 Å². The van der Waals surface area contributed by atoms with Crippen LogP contribution in [0.4, 0.5) is 5.69 Å². The molecule has 1 atom stereocenters. The van der Waals surface area contributed by atoms with Gasteiger partial charge in [0.05, 0.1) is 31.4 Å². The van der Waals surface area contributed by atoms with Crippen LogP contribution in [0, 0.1) is 12.8 Å². The monoisotopic (exact) mass is 396 g/mol. The third-order valence-corrected chi connectivity index (χ3v) is 4.96. The van der Waals surface area contributed by atoms with E-state index in [2.05, 4.69) is 10.1 Å². The number of hydrogen-bond donors (Lipinski definition) is 1. The number of rotatable bonds is 6. The molecule has 1 N–H and O–H groups in total. The minimum absolute atomic E-state index is 0.100. The van der Waals surface area contributed by atoms with Crippen molar-refractivity contribution in [2.45, 2.75) is 19.9 Å².